The van der Waals surface area contributed by atoms with Gasteiger partial charge in [0.25, 0.3) is 0 Å². The standard InChI is InChI=1S/C18H38N2/c1-7-9-10-11-12-20-14-17(18(4,5)6)19-13-16(20)15(3)8-2/h15-17,19H,7-14H2,1-6H3. The Hall–Kier alpha value is -0.0800. The highest BCUT2D eigenvalue weighted by molar-refractivity contribution is 4.93. The highest BCUT2D eigenvalue weighted by Gasteiger charge is 2.35. The molecule has 1 aliphatic heterocycles. The fourth-order valence-electron chi connectivity index (χ4n) is 3.24. The molecule has 0 radical (unpaired) electrons. The first-order valence-electron chi connectivity index (χ1n) is 8.87. The van der Waals surface area contributed by atoms with Crippen LogP contribution in [-0.2, 0) is 0 Å². The van der Waals surface area contributed by atoms with Crippen molar-refractivity contribution in [2.24, 2.45) is 11.3 Å². The lowest BCUT2D eigenvalue weighted by molar-refractivity contribution is 0.0569. The fourth-order valence-corrected chi connectivity index (χ4v) is 3.24. The van der Waals surface area contributed by atoms with Gasteiger partial charge >= 0.3 is 0 Å². The summed E-state index contributed by atoms with van der Waals surface area (Å²) in [6.45, 7) is 17.8. The topological polar surface area (TPSA) is 15.3 Å². The average molecular weight is 283 g/mol. The molecule has 1 aliphatic rings. The normalized spacial score (nSPS) is 26.7. The van der Waals surface area contributed by atoms with Crippen LogP contribution in [0.2, 0.25) is 0 Å². The van der Waals surface area contributed by atoms with Gasteiger partial charge in [0.15, 0.2) is 0 Å². The molecule has 2 nitrogen and oxygen atoms in total. The number of piperazine rings is 1. The SMILES string of the molecule is CCCCCCN1CC(C(C)(C)C)NCC1C(C)CC. The van der Waals surface area contributed by atoms with Gasteiger partial charge in [-0.1, -0.05) is 67.2 Å². The van der Waals surface area contributed by atoms with Crippen LogP contribution in [0.4, 0.5) is 0 Å². The van der Waals surface area contributed by atoms with Crippen molar-refractivity contribution in [2.45, 2.75) is 85.7 Å². The highest BCUT2D eigenvalue weighted by atomic mass is 15.2. The van der Waals surface area contributed by atoms with Gasteiger partial charge in [-0.2, -0.15) is 0 Å². The summed E-state index contributed by atoms with van der Waals surface area (Å²) < 4.78 is 0. The monoisotopic (exact) mass is 282 g/mol. The first-order valence-corrected chi connectivity index (χ1v) is 8.87. The number of unbranched alkanes of at least 4 members (excludes halogenated alkanes) is 3. The van der Waals surface area contributed by atoms with Crippen LogP contribution in [0, 0.1) is 11.3 Å². The lowest BCUT2D eigenvalue weighted by Gasteiger charge is -2.47. The summed E-state index contributed by atoms with van der Waals surface area (Å²) in [4.78, 5) is 2.79. The maximum Gasteiger partial charge on any atom is 0.0246 e. The molecule has 2 heteroatoms. The van der Waals surface area contributed by atoms with E-state index < -0.39 is 0 Å². The Morgan fingerprint density at radius 3 is 2.40 bits per heavy atom. The number of nitrogens with zero attached hydrogens (tertiary/aromatic N) is 1. The Balaban J connectivity index is 2.58. The summed E-state index contributed by atoms with van der Waals surface area (Å²) in [5, 5.41) is 3.81. The number of rotatable bonds is 7. The minimum atomic E-state index is 0.363. The zero-order valence-corrected chi connectivity index (χ0v) is 14.8. The van der Waals surface area contributed by atoms with Gasteiger partial charge in [-0.25, -0.2) is 0 Å². The van der Waals surface area contributed by atoms with E-state index in [-0.39, 0.29) is 0 Å². The molecule has 0 bridgehead atoms. The van der Waals surface area contributed by atoms with E-state index >= 15 is 0 Å². The van der Waals surface area contributed by atoms with Crippen molar-refractivity contribution in [2.75, 3.05) is 19.6 Å². The van der Waals surface area contributed by atoms with E-state index in [4.69, 9.17) is 0 Å². The summed E-state index contributed by atoms with van der Waals surface area (Å²) >= 11 is 0. The molecule has 3 unspecified atom stereocenters. The van der Waals surface area contributed by atoms with Crippen molar-refractivity contribution in [1.82, 2.24) is 10.2 Å². The van der Waals surface area contributed by atoms with Gasteiger partial charge in [0, 0.05) is 25.2 Å². The molecular formula is C18H38N2. The van der Waals surface area contributed by atoms with E-state index in [1.165, 1.54) is 51.7 Å². The number of nitrogens with one attached hydrogen (secondary N) is 1. The van der Waals surface area contributed by atoms with Crippen molar-refractivity contribution in [1.29, 1.82) is 0 Å². The van der Waals surface area contributed by atoms with E-state index in [2.05, 4.69) is 51.8 Å². The Morgan fingerprint density at radius 1 is 1.15 bits per heavy atom. The minimum Gasteiger partial charge on any atom is -0.311 e. The maximum absolute atomic E-state index is 3.81. The van der Waals surface area contributed by atoms with E-state index in [0.717, 1.165) is 12.0 Å². The van der Waals surface area contributed by atoms with Gasteiger partial charge in [-0.3, -0.25) is 4.90 Å². The average Bonchev–Trinajstić information content (AvgIpc) is 2.41. The Bertz CT molecular complexity index is 257. The minimum absolute atomic E-state index is 0.363. The van der Waals surface area contributed by atoms with Crippen LogP contribution in [0.5, 0.6) is 0 Å². The largest absolute Gasteiger partial charge is 0.311 e. The maximum atomic E-state index is 3.81. The molecule has 120 valence electrons. The van der Waals surface area contributed by atoms with Crippen LogP contribution in [0.3, 0.4) is 0 Å². The molecule has 0 aliphatic carbocycles. The van der Waals surface area contributed by atoms with Gasteiger partial charge in [0.2, 0.25) is 0 Å². The van der Waals surface area contributed by atoms with Crippen LogP contribution in [-0.4, -0.2) is 36.6 Å². The van der Waals surface area contributed by atoms with Crippen molar-refractivity contribution in [3.05, 3.63) is 0 Å². The van der Waals surface area contributed by atoms with E-state index in [9.17, 15) is 0 Å². The van der Waals surface area contributed by atoms with Gasteiger partial charge in [-0.05, 0) is 24.3 Å². The van der Waals surface area contributed by atoms with Crippen LogP contribution in [0.15, 0.2) is 0 Å². The second-order valence-electron chi connectivity index (χ2n) is 7.84. The molecule has 0 aromatic heterocycles. The molecular weight excluding hydrogens is 244 g/mol. The molecule has 0 spiro atoms. The van der Waals surface area contributed by atoms with Crippen molar-refractivity contribution < 1.29 is 0 Å². The molecule has 0 aromatic carbocycles. The van der Waals surface area contributed by atoms with Gasteiger partial charge in [-0.15, -0.1) is 0 Å². The Kier molecular flexibility index (Phi) is 7.53. The molecule has 0 saturated carbocycles. The Morgan fingerprint density at radius 2 is 1.85 bits per heavy atom. The first kappa shape index (κ1) is 18.0. The molecule has 0 amide bonds. The molecule has 1 saturated heterocycles. The number of hydrogen-bond donors (Lipinski definition) is 1. The summed E-state index contributed by atoms with van der Waals surface area (Å²) in [5.41, 5.74) is 0.363. The summed E-state index contributed by atoms with van der Waals surface area (Å²) in [7, 11) is 0. The molecule has 1 N–H and O–H groups in total. The summed E-state index contributed by atoms with van der Waals surface area (Å²) in [6.07, 6.45) is 6.78. The Labute approximate surface area is 127 Å². The number of hydrogen-bond acceptors (Lipinski definition) is 2. The van der Waals surface area contributed by atoms with Crippen LogP contribution < -0.4 is 5.32 Å². The molecule has 20 heavy (non-hydrogen) atoms. The third kappa shape index (κ3) is 5.37. The molecule has 0 aromatic rings. The summed E-state index contributed by atoms with van der Waals surface area (Å²) in [6, 6.07) is 1.37. The predicted octanol–water partition coefficient (Wildman–Crippen LogP) is 4.30. The van der Waals surface area contributed by atoms with E-state index in [1.54, 1.807) is 0 Å². The molecule has 1 heterocycles. The zero-order valence-electron chi connectivity index (χ0n) is 14.8. The molecule has 1 fully saturated rings. The van der Waals surface area contributed by atoms with Crippen LogP contribution in [0.25, 0.3) is 0 Å². The third-order valence-electron chi connectivity index (χ3n) is 5.10. The lowest BCUT2D eigenvalue weighted by Crippen LogP contribution is -2.61. The second-order valence-corrected chi connectivity index (χ2v) is 7.84. The van der Waals surface area contributed by atoms with Crippen molar-refractivity contribution in [3.63, 3.8) is 0 Å². The zero-order chi connectivity index (χ0) is 15.2. The first-order chi connectivity index (χ1) is 9.40. The third-order valence-corrected chi connectivity index (χ3v) is 5.10. The van der Waals surface area contributed by atoms with Gasteiger partial charge < -0.3 is 5.32 Å². The van der Waals surface area contributed by atoms with E-state index in [1.807, 2.05) is 0 Å². The van der Waals surface area contributed by atoms with E-state index in [0.29, 0.717) is 11.5 Å². The highest BCUT2D eigenvalue weighted by Crippen LogP contribution is 2.26. The summed E-state index contributed by atoms with van der Waals surface area (Å²) in [5.74, 6) is 0.801. The van der Waals surface area contributed by atoms with Crippen LogP contribution >= 0.6 is 0 Å². The molecule has 3 atom stereocenters. The quantitative estimate of drug-likeness (QED) is 0.700. The lowest BCUT2D eigenvalue weighted by atomic mass is 9.83. The second kappa shape index (κ2) is 8.38. The van der Waals surface area contributed by atoms with Crippen LogP contribution in [0.1, 0.15) is 73.6 Å². The smallest absolute Gasteiger partial charge is 0.0246 e. The van der Waals surface area contributed by atoms with Crippen molar-refractivity contribution >= 4 is 0 Å². The fraction of sp³-hybridized carbons (Fsp3) is 1.00. The van der Waals surface area contributed by atoms with Gasteiger partial charge in [0.05, 0.1) is 0 Å². The van der Waals surface area contributed by atoms with Crippen molar-refractivity contribution in [3.8, 4) is 0 Å². The van der Waals surface area contributed by atoms with Gasteiger partial charge in [0.1, 0.15) is 0 Å². The molecule has 1 rings (SSSR count). The predicted molar refractivity (Wildman–Crippen MR) is 90.2 cm³/mol.